The van der Waals surface area contributed by atoms with Crippen LogP contribution in [0.15, 0.2) is 48.8 Å². The Kier molecular flexibility index (Phi) is 3.17. The summed E-state index contributed by atoms with van der Waals surface area (Å²) in [7, 11) is 0. The minimum absolute atomic E-state index is 0.363. The van der Waals surface area contributed by atoms with Gasteiger partial charge < -0.3 is 5.73 Å². The largest absolute Gasteiger partial charge is 0.382 e. The van der Waals surface area contributed by atoms with E-state index in [-0.39, 0.29) is 0 Å². The fourth-order valence-electron chi connectivity index (χ4n) is 2.57. The Hall–Kier alpha value is -2.99. The third-order valence-corrected chi connectivity index (χ3v) is 3.92. The quantitative estimate of drug-likeness (QED) is 0.590. The van der Waals surface area contributed by atoms with E-state index < -0.39 is 0 Å². The molecular weight excluding hydrogens is 312 g/mol. The predicted octanol–water partition coefficient (Wildman–Crippen LogP) is 3.32. The number of rotatable bonds is 2. The van der Waals surface area contributed by atoms with E-state index in [9.17, 15) is 0 Å². The zero-order valence-electron chi connectivity index (χ0n) is 11.9. The second-order valence-corrected chi connectivity index (χ2v) is 5.38. The molecule has 3 aromatic heterocycles. The number of fused-ring (bicyclic) bond motifs is 1. The summed E-state index contributed by atoms with van der Waals surface area (Å²) >= 11 is 6.35. The Labute approximate surface area is 136 Å². The molecular formula is C16H11ClN6. The maximum atomic E-state index is 6.35. The van der Waals surface area contributed by atoms with E-state index >= 15 is 0 Å². The first-order valence-electron chi connectivity index (χ1n) is 6.91. The molecule has 0 unspecified atom stereocenters. The van der Waals surface area contributed by atoms with Crippen LogP contribution in [0.3, 0.4) is 0 Å². The zero-order chi connectivity index (χ0) is 15.8. The highest BCUT2D eigenvalue weighted by Crippen LogP contribution is 2.39. The van der Waals surface area contributed by atoms with Crippen LogP contribution in [-0.2, 0) is 0 Å². The number of anilines is 1. The van der Waals surface area contributed by atoms with E-state index in [1.165, 1.54) is 0 Å². The number of pyridine rings is 1. The van der Waals surface area contributed by atoms with Gasteiger partial charge in [0.05, 0.1) is 10.4 Å². The molecule has 23 heavy (non-hydrogen) atoms. The summed E-state index contributed by atoms with van der Waals surface area (Å²) < 4.78 is 0. The molecule has 112 valence electrons. The van der Waals surface area contributed by atoms with Gasteiger partial charge in [-0.05, 0) is 12.1 Å². The van der Waals surface area contributed by atoms with Gasteiger partial charge in [0.15, 0.2) is 11.5 Å². The summed E-state index contributed by atoms with van der Waals surface area (Å²) in [5.74, 6) is 0.363. The molecule has 6 nitrogen and oxygen atoms in total. The van der Waals surface area contributed by atoms with Gasteiger partial charge in [-0.2, -0.15) is 5.10 Å². The first-order valence-corrected chi connectivity index (χ1v) is 7.29. The van der Waals surface area contributed by atoms with Crippen LogP contribution in [0.4, 0.5) is 5.82 Å². The minimum atomic E-state index is 0.363. The number of H-pyrrole nitrogens is 1. The van der Waals surface area contributed by atoms with Crippen LogP contribution in [0.2, 0.25) is 5.02 Å². The van der Waals surface area contributed by atoms with Crippen LogP contribution in [-0.4, -0.2) is 25.4 Å². The first kappa shape index (κ1) is 13.7. The molecule has 0 bridgehead atoms. The van der Waals surface area contributed by atoms with Crippen LogP contribution in [0.5, 0.6) is 0 Å². The molecule has 0 radical (unpaired) electrons. The summed E-state index contributed by atoms with van der Waals surface area (Å²) in [6, 6.07) is 11.3. The van der Waals surface area contributed by atoms with Crippen molar-refractivity contribution >= 4 is 28.5 Å². The van der Waals surface area contributed by atoms with Gasteiger partial charge in [0.2, 0.25) is 0 Å². The third kappa shape index (κ3) is 2.20. The highest BCUT2D eigenvalue weighted by atomic mass is 35.5. The van der Waals surface area contributed by atoms with Crippen LogP contribution < -0.4 is 5.73 Å². The van der Waals surface area contributed by atoms with E-state index in [1.807, 2.05) is 36.4 Å². The van der Waals surface area contributed by atoms with Crippen molar-refractivity contribution in [1.29, 1.82) is 0 Å². The second-order valence-electron chi connectivity index (χ2n) is 4.98. The smallest absolute Gasteiger partial charge is 0.180 e. The lowest BCUT2D eigenvalue weighted by atomic mass is 9.98. The van der Waals surface area contributed by atoms with Crippen molar-refractivity contribution in [3.8, 4) is 22.4 Å². The van der Waals surface area contributed by atoms with Crippen LogP contribution in [0.1, 0.15) is 0 Å². The van der Waals surface area contributed by atoms with Gasteiger partial charge >= 0.3 is 0 Å². The number of nitrogen functional groups attached to an aromatic ring is 1. The highest BCUT2D eigenvalue weighted by molar-refractivity contribution is 6.33. The standard InChI is InChI=1S/C16H11ClN6/c17-11-6-2-1-5-10(11)14-12(9-4-3-7-19-8-9)13-15(18)21-23-16(13)22-20-14/h1-8H,(H3,18,21,22,23). The van der Waals surface area contributed by atoms with Crippen molar-refractivity contribution in [2.24, 2.45) is 0 Å². The zero-order valence-corrected chi connectivity index (χ0v) is 12.6. The lowest BCUT2D eigenvalue weighted by Gasteiger charge is -2.11. The van der Waals surface area contributed by atoms with Crippen LogP contribution in [0.25, 0.3) is 33.4 Å². The van der Waals surface area contributed by atoms with Crippen molar-refractivity contribution in [2.75, 3.05) is 5.73 Å². The van der Waals surface area contributed by atoms with Gasteiger partial charge in [-0.25, -0.2) is 0 Å². The molecule has 3 N–H and O–H groups in total. The van der Waals surface area contributed by atoms with Gasteiger partial charge in [-0.3, -0.25) is 10.1 Å². The number of halogens is 1. The van der Waals surface area contributed by atoms with Gasteiger partial charge in [0.1, 0.15) is 5.69 Å². The molecule has 0 saturated heterocycles. The lowest BCUT2D eigenvalue weighted by Crippen LogP contribution is -1.96. The summed E-state index contributed by atoms with van der Waals surface area (Å²) in [5.41, 5.74) is 9.66. The number of nitrogens with one attached hydrogen (secondary N) is 1. The van der Waals surface area contributed by atoms with E-state index in [1.54, 1.807) is 12.4 Å². The Bertz CT molecular complexity index is 996. The molecule has 4 rings (SSSR count). The number of nitrogens with zero attached hydrogens (tertiary/aromatic N) is 4. The van der Waals surface area contributed by atoms with Crippen LogP contribution in [0, 0.1) is 0 Å². The minimum Gasteiger partial charge on any atom is -0.382 e. The number of aromatic nitrogens is 5. The molecule has 0 atom stereocenters. The molecule has 0 fully saturated rings. The van der Waals surface area contributed by atoms with Gasteiger partial charge in [0, 0.05) is 29.1 Å². The van der Waals surface area contributed by atoms with E-state index in [0.717, 1.165) is 16.7 Å². The molecule has 4 aromatic rings. The van der Waals surface area contributed by atoms with Crippen molar-refractivity contribution < 1.29 is 0 Å². The monoisotopic (exact) mass is 322 g/mol. The Morgan fingerprint density at radius 2 is 1.91 bits per heavy atom. The number of hydrogen-bond donors (Lipinski definition) is 2. The SMILES string of the molecule is Nc1n[nH]c2nnc(-c3ccccc3Cl)c(-c3cccnc3)c12. The lowest BCUT2D eigenvalue weighted by molar-refractivity contribution is 1.03. The maximum Gasteiger partial charge on any atom is 0.180 e. The second kappa shape index (κ2) is 5.33. The van der Waals surface area contributed by atoms with Crippen molar-refractivity contribution in [3.05, 3.63) is 53.8 Å². The van der Waals surface area contributed by atoms with Gasteiger partial charge in [0.25, 0.3) is 0 Å². The Morgan fingerprint density at radius 3 is 2.70 bits per heavy atom. The molecule has 3 heterocycles. The van der Waals surface area contributed by atoms with E-state index in [0.29, 0.717) is 27.6 Å². The number of hydrogen-bond acceptors (Lipinski definition) is 5. The highest BCUT2D eigenvalue weighted by Gasteiger charge is 2.19. The van der Waals surface area contributed by atoms with Crippen molar-refractivity contribution in [1.82, 2.24) is 25.4 Å². The van der Waals surface area contributed by atoms with E-state index in [2.05, 4.69) is 25.4 Å². The predicted molar refractivity (Wildman–Crippen MR) is 89.8 cm³/mol. The number of benzene rings is 1. The fraction of sp³-hybridized carbons (Fsp3) is 0. The van der Waals surface area contributed by atoms with E-state index in [4.69, 9.17) is 17.3 Å². The molecule has 0 saturated carbocycles. The van der Waals surface area contributed by atoms with Crippen molar-refractivity contribution in [3.63, 3.8) is 0 Å². The average Bonchev–Trinajstić information content (AvgIpc) is 2.97. The van der Waals surface area contributed by atoms with Gasteiger partial charge in [-0.15, -0.1) is 10.2 Å². The topological polar surface area (TPSA) is 93.4 Å². The molecule has 0 amide bonds. The maximum absolute atomic E-state index is 6.35. The summed E-state index contributed by atoms with van der Waals surface area (Å²) in [4.78, 5) is 4.19. The molecule has 0 aliphatic carbocycles. The van der Waals surface area contributed by atoms with Crippen LogP contribution >= 0.6 is 11.6 Å². The number of nitrogens with two attached hydrogens (primary N) is 1. The molecule has 0 aliphatic heterocycles. The third-order valence-electron chi connectivity index (χ3n) is 3.59. The number of aromatic amines is 1. The molecule has 0 spiro atoms. The average molecular weight is 323 g/mol. The summed E-state index contributed by atoms with van der Waals surface area (Å²) in [6.45, 7) is 0. The normalized spacial score (nSPS) is 11.0. The summed E-state index contributed by atoms with van der Waals surface area (Å²) in [6.07, 6.45) is 3.46. The fourth-order valence-corrected chi connectivity index (χ4v) is 2.79. The molecule has 0 aliphatic rings. The summed E-state index contributed by atoms with van der Waals surface area (Å²) in [5, 5.41) is 16.6. The molecule has 1 aromatic carbocycles. The first-order chi connectivity index (χ1) is 11.3. The van der Waals surface area contributed by atoms with Crippen molar-refractivity contribution in [2.45, 2.75) is 0 Å². The van der Waals surface area contributed by atoms with Gasteiger partial charge in [-0.1, -0.05) is 35.9 Å². The Morgan fingerprint density at radius 1 is 1.04 bits per heavy atom. The molecule has 7 heteroatoms. The Balaban J connectivity index is 2.13.